The quantitative estimate of drug-likeness (QED) is 0.354. The van der Waals surface area contributed by atoms with Crippen LogP contribution in [0.3, 0.4) is 0 Å². The van der Waals surface area contributed by atoms with Crippen LogP contribution in [-0.2, 0) is 9.47 Å². The summed E-state index contributed by atoms with van der Waals surface area (Å²) in [5.74, 6) is 0. The Balaban J connectivity index is 2.10. The van der Waals surface area contributed by atoms with Crippen LogP contribution in [0.25, 0.3) is 0 Å². The summed E-state index contributed by atoms with van der Waals surface area (Å²) in [4.78, 5) is 20.4. The van der Waals surface area contributed by atoms with Gasteiger partial charge in [-0.3, -0.25) is 20.2 Å². The van der Waals surface area contributed by atoms with Crippen molar-refractivity contribution in [3.63, 3.8) is 0 Å². The van der Waals surface area contributed by atoms with Gasteiger partial charge in [-0.2, -0.15) is 0 Å². The second-order valence-corrected chi connectivity index (χ2v) is 6.17. The van der Waals surface area contributed by atoms with Crippen LogP contribution in [0.15, 0.2) is 18.2 Å². The van der Waals surface area contributed by atoms with Gasteiger partial charge in [0.25, 0.3) is 11.4 Å². The van der Waals surface area contributed by atoms with Gasteiger partial charge in [-0.15, -0.1) is 0 Å². The Morgan fingerprint density at radius 1 is 1.37 bits per heavy atom. The lowest BCUT2D eigenvalue weighted by Crippen LogP contribution is -2.59. The number of aliphatic hydroxyl groups excluding tert-OH is 2. The van der Waals surface area contributed by atoms with Gasteiger partial charge in [-0.1, -0.05) is 0 Å². The van der Waals surface area contributed by atoms with Crippen LogP contribution in [0.2, 0.25) is 0 Å². The molecule has 4 unspecified atom stereocenters. The van der Waals surface area contributed by atoms with Crippen molar-refractivity contribution in [1.82, 2.24) is 0 Å². The molecule has 0 aliphatic carbocycles. The summed E-state index contributed by atoms with van der Waals surface area (Å²) >= 11 is 0. The standard InChI is InChI=1S/C15H21N3O9/c1-26-13-7-15(21,14(20)12(8-19)27-13)4-5-16-10-3-2-9(17(22)23)6-11(10)18(24)25/h2-3,6,12-14,16,19-21H,4-5,7-8H2,1H3. The van der Waals surface area contributed by atoms with Gasteiger partial charge in [0.1, 0.15) is 17.9 Å². The van der Waals surface area contributed by atoms with Gasteiger partial charge in [-0.25, -0.2) is 0 Å². The van der Waals surface area contributed by atoms with Crippen LogP contribution in [0, 0.1) is 20.2 Å². The summed E-state index contributed by atoms with van der Waals surface area (Å²) < 4.78 is 10.3. The fraction of sp³-hybridized carbons (Fsp3) is 0.600. The maximum atomic E-state index is 11.1. The number of rotatable bonds is 8. The zero-order valence-electron chi connectivity index (χ0n) is 14.5. The third-order valence-corrected chi connectivity index (χ3v) is 4.45. The third-order valence-electron chi connectivity index (χ3n) is 4.45. The van der Waals surface area contributed by atoms with Crippen LogP contribution < -0.4 is 5.32 Å². The summed E-state index contributed by atoms with van der Waals surface area (Å²) in [5.41, 5.74) is -2.52. The lowest BCUT2D eigenvalue weighted by molar-refractivity contribution is -0.393. The summed E-state index contributed by atoms with van der Waals surface area (Å²) in [6, 6.07) is 3.16. The van der Waals surface area contributed by atoms with Crippen molar-refractivity contribution in [2.75, 3.05) is 25.6 Å². The SMILES string of the molecule is COC1CC(O)(CCNc2ccc([N+](=O)[O-])cc2[N+](=O)[O-])C(O)C(CO)O1. The first-order valence-corrected chi connectivity index (χ1v) is 8.08. The van der Waals surface area contributed by atoms with E-state index in [4.69, 9.17) is 9.47 Å². The summed E-state index contributed by atoms with van der Waals surface area (Å²) in [7, 11) is 1.36. The van der Waals surface area contributed by atoms with Crippen molar-refractivity contribution in [3.8, 4) is 0 Å². The zero-order chi connectivity index (χ0) is 20.2. The predicted octanol–water partition coefficient (Wildman–Crippen LogP) is 0.151. The number of ether oxygens (including phenoxy) is 2. The second kappa shape index (κ2) is 8.54. The van der Waals surface area contributed by atoms with Gasteiger partial charge in [0.05, 0.1) is 28.1 Å². The molecule has 0 spiro atoms. The van der Waals surface area contributed by atoms with E-state index in [9.17, 15) is 35.5 Å². The molecule has 4 atom stereocenters. The molecule has 2 rings (SSSR count). The van der Waals surface area contributed by atoms with Gasteiger partial charge in [0, 0.05) is 26.1 Å². The number of hydrogen-bond donors (Lipinski definition) is 4. The summed E-state index contributed by atoms with van der Waals surface area (Å²) in [6.07, 6.45) is -3.36. The molecule has 150 valence electrons. The van der Waals surface area contributed by atoms with Crippen LogP contribution in [0.5, 0.6) is 0 Å². The molecule has 1 aromatic rings. The number of nitro groups is 2. The summed E-state index contributed by atoms with van der Waals surface area (Å²) in [5, 5.41) is 54.9. The minimum absolute atomic E-state index is 0.0147. The monoisotopic (exact) mass is 387 g/mol. The van der Waals surface area contributed by atoms with Crippen LogP contribution in [0.1, 0.15) is 12.8 Å². The van der Waals surface area contributed by atoms with Crippen molar-refractivity contribution in [1.29, 1.82) is 0 Å². The van der Waals surface area contributed by atoms with E-state index in [0.717, 1.165) is 12.1 Å². The van der Waals surface area contributed by atoms with Gasteiger partial charge in [-0.05, 0) is 12.5 Å². The molecule has 12 nitrogen and oxygen atoms in total. The molecule has 0 radical (unpaired) electrons. The molecule has 12 heteroatoms. The Bertz CT molecular complexity index is 701. The smallest absolute Gasteiger partial charge is 0.299 e. The van der Waals surface area contributed by atoms with Crippen molar-refractivity contribution in [3.05, 3.63) is 38.4 Å². The molecule has 1 heterocycles. The lowest BCUT2D eigenvalue weighted by Gasteiger charge is -2.44. The number of hydrogen-bond acceptors (Lipinski definition) is 10. The molecular formula is C15H21N3O9. The average molecular weight is 387 g/mol. The number of aliphatic hydroxyl groups is 3. The first-order chi connectivity index (χ1) is 12.7. The van der Waals surface area contributed by atoms with E-state index in [0.29, 0.717) is 0 Å². The molecule has 1 aromatic carbocycles. The molecule has 1 aliphatic rings. The van der Waals surface area contributed by atoms with Crippen LogP contribution >= 0.6 is 0 Å². The van der Waals surface area contributed by atoms with Crippen molar-refractivity contribution < 1.29 is 34.6 Å². The number of anilines is 1. The highest BCUT2D eigenvalue weighted by molar-refractivity contribution is 5.65. The van der Waals surface area contributed by atoms with E-state index in [1.54, 1.807) is 0 Å². The molecule has 4 N–H and O–H groups in total. The fourth-order valence-corrected chi connectivity index (χ4v) is 2.95. The topological polar surface area (TPSA) is 177 Å². The van der Waals surface area contributed by atoms with E-state index in [-0.39, 0.29) is 25.1 Å². The highest BCUT2D eigenvalue weighted by atomic mass is 16.7. The number of methoxy groups -OCH3 is 1. The Kier molecular flexibility index (Phi) is 6.62. The molecule has 1 saturated heterocycles. The highest BCUT2D eigenvalue weighted by Gasteiger charge is 2.47. The molecule has 0 aromatic heterocycles. The Labute approximate surface area is 153 Å². The Morgan fingerprint density at radius 2 is 2.07 bits per heavy atom. The van der Waals surface area contributed by atoms with Crippen LogP contribution in [-0.4, -0.2) is 69.5 Å². The number of non-ortho nitro benzene ring substituents is 1. The summed E-state index contributed by atoms with van der Waals surface area (Å²) in [6.45, 7) is -0.509. The van der Waals surface area contributed by atoms with E-state index >= 15 is 0 Å². The number of benzene rings is 1. The predicted molar refractivity (Wildman–Crippen MR) is 91.2 cm³/mol. The number of nitro benzene ring substituents is 2. The zero-order valence-corrected chi connectivity index (χ0v) is 14.5. The molecule has 0 bridgehead atoms. The average Bonchev–Trinajstić information content (AvgIpc) is 2.63. The van der Waals surface area contributed by atoms with E-state index < -0.39 is 51.9 Å². The van der Waals surface area contributed by atoms with Gasteiger partial charge in [0.2, 0.25) is 0 Å². The normalized spacial score (nSPS) is 27.9. The first-order valence-electron chi connectivity index (χ1n) is 8.08. The number of nitrogens with one attached hydrogen (secondary N) is 1. The maximum Gasteiger partial charge on any atom is 0.299 e. The van der Waals surface area contributed by atoms with E-state index in [1.807, 2.05) is 0 Å². The van der Waals surface area contributed by atoms with E-state index in [1.165, 1.54) is 13.2 Å². The Morgan fingerprint density at radius 3 is 2.63 bits per heavy atom. The molecule has 0 saturated carbocycles. The maximum absolute atomic E-state index is 11.1. The molecule has 1 fully saturated rings. The fourth-order valence-electron chi connectivity index (χ4n) is 2.95. The molecule has 0 amide bonds. The van der Waals surface area contributed by atoms with Gasteiger partial charge < -0.3 is 30.1 Å². The third kappa shape index (κ3) is 4.67. The Hall–Kier alpha value is -2.38. The largest absolute Gasteiger partial charge is 0.394 e. The lowest BCUT2D eigenvalue weighted by atomic mass is 9.83. The molecule has 1 aliphatic heterocycles. The van der Waals surface area contributed by atoms with Gasteiger partial charge in [0.15, 0.2) is 6.29 Å². The van der Waals surface area contributed by atoms with Gasteiger partial charge >= 0.3 is 0 Å². The van der Waals surface area contributed by atoms with E-state index in [2.05, 4.69) is 5.32 Å². The minimum Gasteiger partial charge on any atom is -0.394 e. The van der Waals surface area contributed by atoms with Crippen molar-refractivity contribution in [2.24, 2.45) is 0 Å². The first kappa shape index (κ1) is 20.9. The van der Waals surface area contributed by atoms with Crippen LogP contribution in [0.4, 0.5) is 17.1 Å². The number of nitrogens with zero attached hydrogens (tertiary/aromatic N) is 2. The van der Waals surface area contributed by atoms with Crippen molar-refractivity contribution in [2.45, 2.75) is 36.9 Å². The molecular weight excluding hydrogens is 366 g/mol. The van der Waals surface area contributed by atoms with Crippen molar-refractivity contribution >= 4 is 17.1 Å². The molecule has 27 heavy (non-hydrogen) atoms. The second-order valence-electron chi connectivity index (χ2n) is 6.17. The highest BCUT2D eigenvalue weighted by Crippen LogP contribution is 2.33. The minimum atomic E-state index is -1.66.